The zero-order valence-corrected chi connectivity index (χ0v) is 8.17. The second-order valence-electron chi connectivity index (χ2n) is 2.94. The van der Waals surface area contributed by atoms with Crippen molar-refractivity contribution in [2.45, 2.75) is 0 Å². The van der Waals surface area contributed by atoms with E-state index in [-0.39, 0.29) is 22.6 Å². The van der Waals surface area contributed by atoms with Crippen LogP contribution in [0.1, 0.15) is 0 Å². The largest absolute Gasteiger partial charge is 0.710 e. The first-order chi connectivity index (χ1) is 7.13. The van der Waals surface area contributed by atoms with Crippen molar-refractivity contribution in [3.63, 3.8) is 0 Å². The Morgan fingerprint density at radius 3 is 3.00 bits per heavy atom. The van der Waals surface area contributed by atoms with Crippen LogP contribution in [-0.2, 0) is 7.05 Å². The molecule has 2 aromatic heterocycles. The molecule has 7 heteroatoms. The minimum Gasteiger partial charge on any atom is -0.710 e. The summed E-state index contributed by atoms with van der Waals surface area (Å²) >= 11 is 0. The second kappa shape index (κ2) is 3.19. The van der Waals surface area contributed by atoms with Gasteiger partial charge in [-0.3, -0.25) is 9.36 Å². The first-order valence-corrected chi connectivity index (χ1v) is 4.13. The van der Waals surface area contributed by atoms with E-state index in [1.165, 1.54) is 25.1 Å². The van der Waals surface area contributed by atoms with Crippen LogP contribution in [0.5, 0.6) is 5.88 Å². The van der Waals surface area contributed by atoms with Gasteiger partial charge in [-0.25, -0.2) is 4.73 Å². The van der Waals surface area contributed by atoms with Gasteiger partial charge < -0.3 is 9.94 Å². The fourth-order valence-electron chi connectivity index (χ4n) is 1.18. The van der Waals surface area contributed by atoms with Crippen molar-refractivity contribution in [3.05, 3.63) is 28.1 Å². The van der Waals surface area contributed by atoms with Crippen LogP contribution in [0, 0.1) is 5.21 Å². The maximum absolute atomic E-state index is 11.6. The van der Waals surface area contributed by atoms with Crippen LogP contribution in [0.2, 0.25) is 0 Å². The molecule has 0 saturated carbocycles. The van der Waals surface area contributed by atoms with E-state index in [0.717, 1.165) is 6.20 Å². The molecule has 0 amide bonds. The predicted molar refractivity (Wildman–Crippen MR) is 50.3 cm³/mol. The van der Waals surface area contributed by atoms with E-state index in [2.05, 4.69) is 9.97 Å². The van der Waals surface area contributed by atoms with Crippen molar-refractivity contribution >= 4 is 11.2 Å². The Bertz CT molecular complexity index is 578. The van der Waals surface area contributed by atoms with Gasteiger partial charge in [0.1, 0.15) is 0 Å². The van der Waals surface area contributed by atoms with Crippen LogP contribution in [0.3, 0.4) is 0 Å². The summed E-state index contributed by atoms with van der Waals surface area (Å²) in [5, 5.41) is 11.4. The minimum atomic E-state index is -0.386. The molecular weight excluding hydrogens is 200 g/mol. The Morgan fingerprint density at radius 2 is 2.33 bits per heavy atom. The average molecular weight is 208 g/mol. The second-order valence-corrected chi connectivity index (χ2v) is 2.94. The molecule has 0 bridgehead atoms. The molecule has 0 aliphatic carbocycles. The van der Waals surface area contributed by atoms with Crippen LogP contribution in [0.25, 0.3) is 11.2 Å². The molecule has 78 valence electrons. The SMILES string of the molecule is COc1c[n+]([O-])c2ncn(C)c(=O)c2n1. The molecule has 0 N–H and O–H groups in total. The van der Waals surface area contributed by atoms with Gasteiger partial charge in [0.15, 0.2) is 6.20 Å². The van der Waals surface area contributed by atoms with Crippen LogP contribution in [-0.4, -0.2) is 21.6 Å². The van der Waals surface area contributed by atoms with E-state index in [1.54, 1.807) is 0 Å². The lowest BCUT2D eigenvalue weighted by Gasteiger charge is -2.05. The summed E-state index contributed by atoms with van der Waals surface area (Å²) in [7, 11) is 2.90. The molecule has 7 nitrogen and oxygen atoms in total. The third kappa shape index (κ3) is 1.37. The van der Waals surface area contributed by atoms with Crippen molar-refractivity contribution < 1.29 is 9.47 Å². The van der Waals surface area contributed by atoms with E-state index in [0.29, 0.717) is 4.73 Å². The van der Waals surface area contributed by atoms with Crippen molar-refractivity contribution in [1.82, 2.24) is 14.5 Å². The zero-order chi connectivity index (χ0) is 11.0. The number of hydrogen-bond acceptors (Lipinski definition) is 5. The lowest BCUT2D eigenvalue weighted by molar-refractivity contribution is -0.580. The smallest absolute Gasteiger partial charge is 0.359 e. The Labute approximate surface area is 84.2 Å². The van der Waals surface area contributed by atoms with Gasteiger partial charge in [-0.15, -0.1) is 0 Å². The van der Waals surface area contributed by atoms with E-state index in [9.17, 15) is 10.0 Å². The van der Waals surface area contributed by atoms with Crippen LogP contribution >= 0.6 is 0 Å². The summed E-state index contributed by atoms with van der Waals surface area (Å²) in [6.07, 6.45) is 2.39. The molecule has 2 heterocycles. The highest BCUT2D eigenvalue weighted by Gasteiger charge is 2.14. The molecule has 15 heavy (non-hydrogen) atoms. The average Bonchev–Trinajstić information content (AvgIpc) is 2.23. The topological polar surface area (TPSA) is 84.0 Å². The number of aromatic nitrogens is 4. The maximum atomic E-state index is 11.6. The standard InChI is InChI=1S/C8H8N4O3/c1-11-4-9-7-6(8(11)13)10-5(15-2)3-12(7)14/h3-4H,1-2H3. The number of methoxy groups -OCH3 is 1. The number of fused-ring (bicyclic) bond motifs is 1. The van der Waals surface area contributed by atoms with Gasteiger partial charge in [0.05, 0.1) is 7.11 Å². The van der Waals surface area contributed by atoms with Gasteiger partial charge in [-0.2, -0.15) is 4.98 Å². The van der Waals surface area contributed by atoms with Gasteiger partial charge in [-0.1, -0.05) is 0 Å². The normalized spacial score (nSPS) is 10.5. The van der Waals surface area contributed by atoms with Crippen LogP contribution < -0.4 is 15.0 Å². The van der Waals surface area contributed by atoms with E-state index >= 15 is 0 Å². The van der Waals surface area contributed by atoms with Gasteiger partial charge in [0.25, 0.3) is 11.4 Å². The molecule has 0 aliphatic heterocycles. The Hall–Kier alpha value is -2.18. The molecule has 0 aromatic carbocycles. The van der Waals surface area contributed by atoms with E-state index in [1.807, 2.05) is 0 Å². The third-order valence-corrected chi connectivity index (χ3v) is 1.96. The summed E-state index contributed by atoms with van der Waals surface area (Å²) in [4.78, 5) is 19.3. The third-order valence-electron chi connectivity index (χ3n) is 1.96. The van der Waals surface area contributed by atoms with Gasteiger partial charge >= 0.3 is 5.65 Å². The molecule has 0 radical (unpaired) electrons. The van der Waals surface area contributed by atoms with Gasteiger partial charge in [-0.05, 0) is 4.98 Å². The quantitative estimate of drug-likeness (QED) is 0.442. The van der Waals surface area contributed by atoms with Crippen molar-refractivity contribution in [2.24, 2.45) is 7.05 Å². The summed E-state index contributed by atoms with van der Waals surface area (Å²) in [5.41, 5.74) is -0.406. The number of hydrogen-bond donors (Lipinski definition) is 0. The Morgan fingerprint density at radius 1 is 1.60 bits per heavy atom. The fraction of sp³-hybridized carbons (Fsp3) is 0.250. The molecule has 0 atom stereocenters. The number of nitrogens with zero attached hydrogens (tertiary/aromatic N) is 4. The van der Waals surface area contributed by atoms with Gasteiger partial charge in [0, 0.05) is 7.05 Å². The van der Waals surface area contributed by atoms with Crippen LogP contribution in [0.15, 0.2) is 17.3 Å². The lowest BCUT2D eigenvalue weighted by Crippen LogP contribution is -2.32. The highest BCUT2D eigenvalue weighted by atomic mass is 16.5. The molecule has 0 saturated heterocycles. The summed E-state index contributed by atoms with van der Waals surface area (Å²) in [6.45, 7) is 0. The van der Waals surface area contributed by atoms with Gasteiger partial charge in [0.2, 0.25) is 11.8 Å². The molecule has 2 aromatic rings. The summed E-state index contributed by atoms with van der Waals surface area (Å²) in [5.74, 6) is 0.0857. The van der Waals surface area contributed by atoms with Crippen molar-refractivity contribution in [1.29, 1.82) is 0 Å². The summed E-state index contributed by atoms with van der Waals surface area (Å²) in [6, 6.07) is 0. The molecule has 0 aliphatic rings. The highest BCUT2D eigenvalue weighted by Crippen LogP contribution is 2.04. The molecule has 2 rings (SSSR count). The van der Waals surface area contributed by atoms with E-state index < -0.39 is 0 Å². The molecule has 0 unspecified atom stereocenters. The predicted octanol–water partition coefficient (Wildman–Crippen LogP) is -1.03. The minimum absolute atomic E-state index is 0.00523. The first kappa shape index (κ1) is 9.38. The lowest BCUT2D eigenvalue weighted by atomic mass is 10.5. The van der Waals surface area contributed by atoms with Crippen LogP contribution in [0.4, 0.5) is 0 Å². The molecule has 0 fully saturated rings. The molecular formula is C8H8N4O3. The summed E-state index contributed by atoms with van der Waals surface area (Å²) < 4.78 is 6.50. The number of aryl methyl sites for hydroxylation is 1. The molecule has 0 spiro atoms. The Balaban J connectivity index is 2.93. The first-order valence-electron chi connectivity index (χ1n) is 4.13. The fourth-order valence-corrected chi connectivity index (χ4v) is 1.18. The van der Waals surface area contributed by atoms with Crippen molar-refractivity contribution in [2.75, 3.05) is 7.11 Å². The van der Waals surface area contributed by atoms with E-state index in [4.69, 9.17) is 4.74 Å². The highest BCUT2D eigenvalue weighted by molar-refractivity contribution is 5.64. The Kier molecular flexibility index (Phi) is 2.00. The maximum Gasteiger partial charge on any atom is 0.359 e. The zero-order valence-electron chi connectivity index (χ0n) is 8.17. The van der Waals surface area contributed by atoms with Crippen molar-refractivity contribution in [3.8, 4) is 5.88 Å². The number of ether oxygens (including phenoxy) is 1. The monoisotopic (exact) mass is 208 g/mol. The number of rotatable bonds is 1.